The third-order valence-corrected chi connectivity index (χ3v) is 3.27. The molecule has 17 heavy (non-hydrogen) atoms. The summed E-state index contributed by atoms with van der Waals surface area (Å²) in [6, 6.07) is 0.267. The van der Waals surface area contributed by atoms with Crippen LogP contribution in [0.4, 0.5) is 4.79 Å². The number of nitrogens with one attached hydrogen (secondary N) is 2. The van der Waals surface area contributed by atoms with E-state index < -0.39 is 0 Å². The van der Waals surface area contributed by atoms with E-state index in [1.165, 1.54) is 4.90 Å². The van der Waals surface area contributed by atoms with Crippen LogP contribution < -0.4 is 10.6 Å². The van der Waals surface area contributed by atoms with Crippen LogP contribution in [0, 0.1) is 0 Å². The highest BCUT2D eigenvalue weighted by atomic mass is 35.5. The first kappa shape index (κ1) is 14.2. The standard InChI is InChI=1S/C10H18N4O2.ClH/c1-13(8-2-3-11-6-8)4-5-14-9(15)7-12-10(14)16;/h8,11H,2-7H2,1H3,(H,12,16);1H. The molecule has 0 aromatic carbocycles. The first-order chi connectivity index (χ1) is 7.68. The van der Waals surface area contributed by atoms with Crippen LogP contribution in [-0.2, 0) is 4.79 Å². The zero-order valence-corrected chi connectivity index (χ0v) is 10.8. The molecule has 2 aliphatic rings. The number of hydrogen-bond acceptors (Lipinski definition) is 4. The Labute approximate surface area is 107 Å². The second-order valence-corrected chi connectivity index (χ2v) is 4.33. The Balaban J connectivity index is 0.00000144. The van der Waals surface area contributed by atoms with Gasteiger partial charge in [-0.1, -0.05) is 0 Å². The molecule has 0 radical (unpaired) electrons. The molecular formula is C10H19ClN4O2. The molecule has 0 saturated carbocycles. The highest BCUT2D eigenvalue weighted by Gasteiger charge is 2.29. The number of halogens is 1. The van der Waals surface area contributed by atoms with Gasteiger partial charge in [-0.15, -0.1) is 12.4 Å². The van der Waals surface area contributed by atoms with Crippen LogP contribution in [-0.4, -0.2) is 67.6 Å². The number of carbonyl (C=O) groups excluding carboxylic acids is 2. The molecule has 2 fully saturated rings. The van der Waals surface area contributed by atoms with Gasteiger partial charge in [-0.05, 0) is 20.0 Å². The lowest BCUT2D eigenvalue weighted by Crippen LogP contribution is -2.41. The normalized spacial score (nSPS) is 24.1. The first-order valence-electron chi connectivity index (χ1n) is 5.67. The lowest BCUT2D eigenvalue weighted by Gasteiger charge is -2.25. The van der Waals surface area contributed by atoms with Crippen LogP contribution in [0.25, 0.3) is 0 Å². The zero-order chi connectivity index (χ0) is 11.5. The molecule has 0 bridgehead atoms. The second-order valence-electron chi connectivity index (χ2n) is 4.33. The van der Waals surface area contributed by atoms with Gasteiger partial charge in [0.25, 0.3) is 0 Å². The largest absolute Gasteiger partial charge is 0.329 e. The van der Waals surface area contributed by atoms with Crippen molar-refractivity contribution in [3.63, 3.8) is 0 Å². The molecule has 6 nitrogen and oxygen atoms in total. The maximum Gasteiger partial charge on any atom is 0.324 e. The number of urea groups is 1. The van der Waals surface area contributed by atoms with Gasteiger partial charge in [0.05, 0.1) is 6.54 Å². The van der Waals surface area contributed by atoms with Crippen LogP contribution in [0.5, 0.6) is 0 Å². The fourth-order valence-corrected chi connectivity index (χ4v) is 2.14. The highest BCUT2D eigenvalue weighted by Crippen LogP contribution is 2.06. The van der Waals surface area contributed by atoms with Gasteiger partial charge in [0, 0.05) is 25.7 Å². The van der Waals surface area contributed by atoms with Crippen LogP contribution in [0.15, 0.2) is 0 Å². The van der Waals surface area contributed by atoms with Crippen LogP contribution in [0.1, 0.15) is 6.42 Å². The number of hydrogen-bond donors (Lipinski definition) is 2. The number of amides is 3. The van der Waals surface area contributed by atoms with Crippen molar-refractivity contribution in [2.75, 3.05) is 39.8 Å². The predicted molar refractivity (Wildman–Crippen MR) is 66.3 cm³/mol. The lowest BCUT2D eigenvalue weighted by atomic mass is 10.2. The van der Waals surface area contributed by atoms with E-state index in [9.17, 15) is 9.59 Å². The van der Waals surface area contributed by atoms with E-state index in [-0.39, 0.29) is 30.9 Å². The minimum Gasteiger partial charge on any atom is -0.329 e. The Kier molecular flexibility index (Phi) is 5.17. The van der Waals surface area contributed by atoms with Crippen molar-refractivity contribution >= 4 is 24.3 Å². The Bertz CT molecular complexity index is 278. The van der Waals surface area contributed by atoms with Crippen molar-refractivity contribution in [1.29, 1.82) is 0 Å². The molecule has 2 saturated heterocycles. The maximum absolute atomic E-state index is 11.3. The molecule has 98 valence electrons. The summed E-state index contributed by atoms with van der Waals surface area (Å²) in [6.45, 7) is 3.42. The molecular weight excluding hydrogens is 244 g/mol. The molecule has 0 aromatic heterocycles. The summed E-state index contributed by atoms with van der Waals surface area (Å²) in [5, 5.41) is 5.82. The average Bonchev–Trinajstić information content (AvgIpc) is 2.87. The van der Waals surface area contributed by atoms with Crippen molar-refractivity contribution in [3.8, 4) is 0 Å². The molecule has 1 unspecified atom stereocenters. The summed E-state index contributed by atoms with van der Waals surface area (Å²) < 4.78 is 0. The predicted octanol–water partition coefficient (Wildman–Crippen LogP) is -0.746. The minimum atomic E-state index is -0.261. The van der Waals surface area contributed by atoms with Crippen LogP contribution in [0.3, 0.4) is 0 Å². The number of nitrogens with zero attached hydrogens (tertiary/aromatic N) is 2. The van der Waals surface area contributed by atoms with Gasteiger partial charge >= 0.3 is 6.03 Å². The van der Waals surface area contributed by atoms with E-state index in [4.69, 9.17) is 0 Å². The molecule has 0 aromatic rings. The highest BCUT2D eigenvalue weighted by molar-refractivity contribution is 6.01. The van der Waals surface area contributed by atoms with Gasteiger partial charge in [-0.3, -0.25) is 9.69 Å². The second kappa shape index (κ2) is 6.18. The fourth-order valence-electron chi connectivity index (χ4n) is 2.14. The summed E-state index contributed by atoms with van der Waals surface area (Å²) in [5.74, 6) is -0.122. The van der Waals surface area contributed by atoms with Crippen molar-refractivity contribution in [2.45, 2.75) is 12.5 Å². The van der Waals surface area contributed by atoms with Crippen molar-refractivity contribution in [1.82, 2.24) is 20.4 Å². The summed E-state index contributed by atoms with van der Waals surface area (Å²) in [4.78, 5) is 26.1. The summed E-state index contributed by atoms with van der Waals surface area (Å²) in [7, 11) is 2.04. The molecule has 2 aliphatic heterocycles. The van der Waals surface area contributed by atoms with Crippen molar-refractivity contribution in [2.24, 2.45) is 0 Å². The SMILES string of the molecule is CN(CCN1C(=O)CNC1=O)C1CCNC1.Cl. The van der Waals surface area contributed by atoms with E-state index in [2.05, 4.69) is 15.5 Å². The van der Waals surface area contributed by atoms with E-state index >= 15 is 0 Å². The maximum atomic E-state index is 11.3. The van der Waals surface area contributed by atoms with Crippen molar-refractivity contribution in [3.05, 3.63) is 0 Å². The molecule has 3 amide bonds. The van der Waals surface area contributed by atoms with Gasteiger partial charge in [-0.25, -0.2) is 4.79 Å². The smallest absolute Gasteiger partial charge is 0.324 e. The molecule has 1 atom stereocenters. The fraction of sp³-hybridized carbons (Fsp3) is 0.800. The van der Waals surface area contributed by atoms with E-state index in [1.54, 1.807) is 0 Å². The summed E-state index contributed by atoms with van der Waals surface area (Å²) in [5.41, 5.74) is 0. The number of likely N-dealkylation sites (N-methyl/N-ethyl adjacent to an activating group) is 1. The molecule has 7 heteroatoms. The van der Waals surface area contributed by atoms with Crippen LogP contribution >= 0.6 is 12.4 Å². The van der Waals surface area contributed by atoms with E-state index in [1.807, 2.05) is 7.05 Å². The lowest BCUT2D eigenvalue weighted by molar-refractivity contribution is -0.125. The van der Waals surface area contributed by atoms with Gasteiger partial charge in [0.15, 0.2) is 0 Å². The Morgan fingerprint density at radius 1 is 1.47 bits per heavy atom. The Hall–Kier alpha value is -0.850. The molecule has 2 N–H and O–H groups in total. The van der Waals surface area contributed by atoms with Gasteiger partial charge in [-0.2, -0.15) is 0 Å². The summed E-state index contributed by atoms with van der Waals surface area (Å²) in [6.07, 6.45) is 1.14. The molecule has 2 rings (SSSR count). The monoisotopic (exact) mass is 262 g/mol. The molecule has 2 heterocycles. The number of rotatable bonds is 4. The third kappa shape index (κ3) is 3.31. The topological polar surface area (TPSA) is 64.7 Å². The van der Waals surface area contributed by atoms with E-state index in [0.29, 0.717) is 12.6 Å². The Morgan fingerprint density at radius 3 is 2.76 bits per heavy atom. The van der Waals surface area contributed by atoms with Crippen LogP contribution in [0.2, 0.25) is 0 Å². The molecule has 0 spiro atoms. The number of carbonyl (C=O) groups is 2. The summed E-state index contributed by atoms with van der Waals surface area (Å²) >= 11 is 0. The minimum absolute atomic E-state index is 0. The van der Waals surface area contributed by atoms with Crippen molar-refractivity contribution < 1.29 is 9.59 Å². The zero-order valence-electron chi connectivity index (χ0n) is 9.94. The third-order valence-electron chi connectivity index (χ3n) is 3.27. The number of imide groups is 1. The quantitative estimate of drug-likeness (QED) is 0.655. The van der Waals surface area contributed by atoms with Gasteiger partial charge in [0.2, 0.25) is 5.91 Å². The van der Waals surface area contributed by atoms with Gasteiger partial charge in [0.1, 0.15) is 0 Å². The van der Waals surface area contributed by atoms with Gasteiger partial charge < -0.3 is 15.5 Å². The first-order valence-corrected chi connectivity index (χ1v) is 5.67. The Morgan fingerprint density at radius 2 is 2.24 bits per heavy atom. The van der Waals surface area contributed by atoms with E-state index in [0.717, 1.165) is 26.1 Å². The molecule has 0 aliphatic carbocycles. The average molecular weight is 263 g/mol.